The first-order valence-electron chi connectivity index (χ1n) is 6.94. The van der Waals surface area contributed by atoms with E-state index in [0.717, 1.165) is 18.4 Å². The molecular formula is C16H16ClN3O. The Morgan fingerprint density at radius 3 is 2.86 bits per heavy atom. The molecule has 1 aromatic heterocycles. The Balaban J connectivity index is 1.93. The van der Waals surface area contributed by atoms with E-state index in [1.807, 2.05) is 29.2 Å². The molecule has 1 aliphatic heterocycles. The molecule has 2 aromatic rings. The number of anilines is 1. The maximum Gasteiger partial charge on any atom is 0.275 e. The quantitative estimate of drug-likeness (QED) is 0.926. The van der Waals surface area contributed by atoms with Crippen LogP contribution in [-0.2, 0) is 0 Å². The summed E-state index contributed by atoms with van der Waals surface area (Å²) in [4.78, 5) is 18.6. The van der Waals surface area contributed by atoms with Crippen molar-refractivity contribution in [2.24, 2.45) is 0 Å². The van der Waals surface area contributed by atoms with Gasteiger partial charge in [0, 0.05) is 17.8 Å². The van der Waals surface area contributed by atoms with E-state index < -0.39 is 0 Å². The zero-order chi connectivity index (χ0) is 14.8. The molecule has 21 heavy (non-hydrogen) atoms. The second-order valence-electron chi connectivity index (χ2n) is 5.12. The number of halogens is 1. The van der Waals surface area contributed by atoms with Crippen molar-refractivity contribution in [3.63, 3.8) is 0 Å². The van der Waals surface area contributed by atoms with E-state index in [1.54, 1.807) is 18.3 Å². The first-order valence-corrected chi connectivity index (χ1v) is 7.32. The van der Waals surface area contributed by atoms with Crippen LogP contribution in [-0.4, -0.2) is 22.3 Å². The molecule has 108 valence electrons. The summed E-state index contributed by atoms with van der Waals surface area (Å²) < 4.78 is 0. The fourth-order valence-electron chi connectivity index (χ4n) is 2.81. The first kappa shape index (κ1) is 13.9. The van der Waals surface area contributed by atoms with Gasteiger partial charge >= 0.3 is 0 Å². The number of nitrogen functional groups attached to an aromatic ring is 1. The molecule has 0 radical (unpaired) electrons. The average molecular weight is 302 g/mol. The van der Waals surface area contributed by atoms with E-state index in [-0.39, 0.29) is 11.9 Å². The number of likely N-dealkylation sites (tertiary alicyclic amines) is 1. The van der Waals surface area contributed by atoms with Gasteiger partial charge in [-0.2, -0.15) is 0 Å². The second-order valence-corrected chi connectivity index (χ2v) is 5.53. The number of pyridine rings is 1. The van der Waals surface area contributed by atoms with Crippen LogP contribution in [0.15, 0.2) is 42.6 Å². The van der Waals surface area contributed by atoms with E-state index in [0.29, 0.717) is 22.9 Å². The smallest absolute Gasteiger partial charge is 0.275 e. The van der Waals surface area contributed by atoms with Crippen molar-refractivity contribution in [3.05, 3.63) is 58.9 Å². The Bertz CT molecular complexity index is 674. The molecule has 1 aromatic carbocycles. The summed E-state index contributed by atoms with van der Waals surface area (Å²) in [5.41, 5.74) is 7.58. The zero-order valence-electron chi connectivity index (χ0n) is 11.5. The van der Waals surface area contributed by atoms with Gasteiger partial charge in [0.05, 0.1) is 11.7 Å². The number of nitrogens with two attached hydrogens (primary N) is 1. The molecule has 2 heterocycles. The minimum atomic E-state index is -0.129. The zero-order valence-corrected chi connectivity index (χ0v) is 12.3. The highest BCUT2D eigenvalue weighted by Gasteiger charge is 2.32. The molecule has 0 bridgehead atoms. The minimum absolute atomic E-state index is 0.00685. The van der Waals surface area contributed by atoms with Gasteiger partial charge in [-0.25, -0.2) is 4.98 Å². The number of benzene rings is 1. The largest absolute Gasteiger partial charge is 0.397 e. The van der Waals surface area contributed by atoms with Crippen molar-refractivity contribution in [3.8, 4) is 0 Å². The molecule has 5 heteroatoms. The Morgan fingerprint density at radius 2 is 2.10 bits per heavy atom. The summed E-state index contributed by atoms with van der Waals surface area (Å²) >= 11 is 6.27. The molecule has 0 saturated carbocycles. The minimum Gasteiger partial charge on any atom is -0.397 e. The van der Waals surface area contributed by atoms with Crippen LogP contribution < -0.4 is 5.73 Å². The van der Waals surface area contributed by atoms with Gasteiger partial charge in [-0.1, -0.05) is 29.8 Å². The highest BCUT2D eigenvalue weighted by molar-refractivity contribution is 6.31. The lowest BCUT2D eigenvalue weighted by atomic mass is 10.0. The highest BCUT2D eigenvalue weighted by Crippen LogP contribution is 2.36. The van der Waals surface area contributed by atoms with Crippen LogP contribution in [0.4, 0.5) is 5.69 Å². The predicted molar refractivity (Wildman–Crippen MR) is 83.1 cm³/mol. The second kappa shape index (κ2) is 5.74. The van der Waals surface area contributed by atoms with Crippen LogP contribution in [0.5, 0.6) is 0 Å². The first-order chi connectivity index (χ1) is 10.2. The van der Waals surface area contributed by atoms with E-state index in [2.05, 4.69) is 4.98 Å². The molecule has 4 nitrogen and oxygen atoms in total. The lowest BCUT2D eigenvalue weighted by Gasteiger charge is -2.25. The molecule has 0 spiro atoms. The summed E-state index contributed by atoms with van der Waals surface area (Å²) in [6.07, 6.45) is 3.45. The number of carbonyl (C=O) groups is 1. The van der Waals surface area contributed by atoms with Crippen molar-refractivity contribution < 1.29 is 4.79 Å². The van der Waals surface area contributed by atoms with Crippen LogP contribution in [0.1, 0.15) is 34.9 Å². The van der Waals surface area contributed by atoms with Crippen LogP contribution >= 0.6 is 11.6 Å². The van der Waals surface area contributed by atoms with Crippen molar-refractivity contribution >= 4 is 23.2 Å². The fourth-order valence-corrected chi connectivity index (χ4v) is 3.07. The number of amides is 1. The lowest BCUT2D eigenvalue weighted by molar-refractivity contribution is 0.0731. The SMILES string of the molecule is Nc1cccnc1C(=O)N1CCCC1c1ccccc1Cl. The maximum absolute atomic E-state index is 12.7. The third-order valence-electron chi connectivity index (χ3n) is 3.82. The van der Waals surface area contributed by atoms with E-state index in [1.165, 1.54) is 0 Å². The van der Waals surface area contributed by atoms with Crippen molar-refractivity contribution in [1.82, 2.24) is 9.88 Å². The van der Waals surface area contributed by atoms with Gasteiger partial charge in [0.15, 0.2) is 5.69 Å². The van der Waals surface area contributed by atoms with Crippen LogP contribution in [0, 0.1) is 0 Å². The third-order valence-corrected chi connectivity index (χ3v) is 4.16. The Kier molecular flexibility index (Phi) is 3.80. The summed E-state index contributed by atoms with van der Waals surface area (Å²) in [6, 6.07) is 11.1. The van der Waals surface area contributed by atoms with E-state index in [4.69, 9.17) is 17.3 Å². The molecule has 1 amide bonds. The molecule has 1 fully saturated rings. The van der Waals surface area contributed by atoms with Crippen LogP contribution in [0.25, 0.3) is 0 Å². The summed E-state index contributed by atoms with van der Waals surface area (Å²) in [5.74, 6) is -0.129. The van der Waals surface area contributed by atoms with Gasteiger partial charge in [0.25, 0.3) is 5.91 Å². The molecule has 2 N–H and O–H groups in total. The van der Waals surface area contributed by atoms with Gasteiger partial charge in [0.1, 0.15) is 0 Å². The van der Waals surface area contributed by atoms with Gasteiger partial charge in [-0.15, -0.1) is 0 Å². The van der Waals surface area contributed by atoms with Gasteiger partial charge in [0.2, 0.25) is 0 Å². The van der Waals surface area contributed by atoms with Crippen LogP contribution in [0.3, 0.4) is 0 Å². The number of nitrogens with zero attached hydrogens (tertiary/aromatic N) is 2. The summed E-state index contributed by atoms with van der Waals surface area (Å²) in [5, 5.41) is 0.691. The normalized spacial score (nSPS) is 18.0. The van der Waals surface area contributed by atoms with E-state index in [9.17, 15) is 4.79 Å². The Morgan fingerprint density at radius 1 is 1.29 bits per heavy atom. The topological polar surface area (TPSA) is 59.2 Å². The van der Waals surface area contributed by atoms with E-state index >= 15 is 0 Å². The molecule has 1 saturated heterocycles. The monoisotopic (exact) mass is 301 g/mol. The molecule has 3 rings (SSSR count). The Hall–Kier alpha value is -2.07. The summed E-state index contributed by atoms with van der Waals surface area (Å²) in [7, 11) is 0. The molecule has 1 aliphatic rings. The number of rotatable bonds is 2. The van der Waals surface area contributed by atoms with Crippen LogP contribution in [0.2, 0.25) is 5.02 Å². The molecular weight excluding hydrogens is 286 g/mol. The van der Waals surface area contributed by atoms with Gasteiger partial charge < -0.3 is 10.6 Å². The van der Waals surface area contributed by atoms with Crippen molar-refractivity contribution in [2.75, 3.05) is 12.3 Å². The number of carbonyl (C=O) groups excluding carboxylic acids is 1. The number of aromatic nitrogens is 1. The van der Waals surface area contributed by atoms with Crippen molar-refractivity contribution in [2.45, 2.75) is 18.9 Å². The van der Waals surface area contributed by atoms with Crippen molar-refractivity contribution in [1.29, 1.82) is 0 Å². The lowest BCUT2D eigenvalue weighted by Crippen LogP contribution is -2.31. The molecule has 0 aliphatic carbocycles. The van der Waals surface area contributed by atoms with Gasteiger partial charge in [-0.05, 0) is 36.6 Å². The third kappa shape index (κ3) is 2.59. The maximum atomic E-state index is 12.7. The fraction of sp³-hybridized carbons (Fsp3) is 0.250. The summed E-state index contributed by atoms with van der Waals surface area (Å²) in [6.45, 7) is 0.699. The van der Waals surface area contributed by atoms with Gasteiger partial charge in [-0.3, -0.25) is 4.79 Å². The number of hydrogen-bond donors (Lipinski definition) is 1. The highest BCUT2D eigenvalue weighted by atomic mass is 35.5. The molecule has 1 atom stereocenters. The Labute approximate surface area is 128 Å². The number of hydrogen-bond acceptors (Lipinski definition) is 3. The standard InChI is InChI=1S/C16H16ClN3O/c17-12-6-2-1-5-11(12)14-8-4-10-20(14)16(21)15-13(18)7-3-9-19-15/h1-3,5-7,9,14H,4,8,10,18H2. The molecule has 1 unspecified atom stereocenters. The average Bonchev–Trinajstić information content (AvgIpc) is 2.97. The predicted octanol–water partition coefficient (Wildman–Crippen LogP) is 3.29.